The molecule has 1 amide bonds. The molecule has 2 N–H and O–H groups in total. The average molecular weight is 213 g/mol. The van der Waals surface area contributed by atoms with Gasteiger partial charge in [-0.1, -0.05) is 19.1 Å². The zero-order valence-electron chi connectivity index (χ0n) is 7.87. The first-order valence-electron chi connectivity index (χ1n) is 4.35. The van der Waals surface area contributed by atoms with Gasteiger partial charge in [0.15, 0.2) is 0 Å². The monoisotopic (exact) mass is 213 g/mol. The Morgan fingerprint density at radius 1 is 1.57 bits per heavy atom. The van der Waals surface area contributed by atoms with Crippen LogP contribution in [0.5, 0.6) is 0 Å². The smallest absolute Gasteiger partial charge is 0.230 e. The van der Waals surface area contributed by atoms with E-state index in [1.54, 1.807) is 18.2 Å². The molecule has 0 aliphatic rings. The van der Waals surface area contributed by atoms with Crippen LogP contribution in [0.3, 0.4) is 0 Å². The Morgan fingerprint density at radius 2 is 2.21 bits per heavy atom. The van der Waals surface area contributed by atoms with Gasteiger partial charge in [0.1, 0.15) is 5.82 Å². The lowest BCUT2D eigenvalue weighted by molar-refractivity contribution is -0.117. The zero-order chi connectivity index (χ0) is 10.6. The Bertz CT molecular complexity index is 330. The first-order chi connectivity index (χ1) is 6.65. The molecule has 1 unspecified atom stereocenters. The van der Waals surface area contributed by atoms with Gasteiger partial charge in [0, 0.05) is 4.90 Å². The summed E-state index contributed by atoms with van der Waals surface area (Å²) in [7, 11) is 0. The highest BCUT2D eigenvalue weighted by Gasteiger charge is 2.15. The maximum absolute atomic E-state index is 13.2. The standard InChI is InChI=1S/C10H12FNOS/c1-2-8(10(12)13)14-9-6-4-3-5-7(9)11/h3-6,8H,2H2,1H3,(H2,12,13). The number of amides is 1. The SMILES string of the molecule is CCC(Sc1ccccc1F)C(N)=O. The molecule has 0 aromatic heterocycles. The molecule has 1 rings (SSSR count). The minimum atomic E-state index is -0.402. The van der Waals surface area contributed by atoms with Gasteiger partial charge < -0.3 is 5.73 Å². The fourth-order valence-corrected chi connectivity index (χ4v) is 1.96. The summed E-state index contributed by atoms with van der Waals surface area (Å²) in [4.78, 5) is 11.4. The van der Waals surface area contributed by atoms with Crippen LogP contribution in [0.15, 0.2) is 29.2 Å². The number of benzene rings is 1. The molecule has 1 atom stereocenters. The molecule has 0 heterocycles. The molecule has 1 aromatic carbocycles. The summed E-state index contributed by atoms with van der Waals surface area (Å²) < 4.78 is 13.2. The first kappa shape index (κ1) is 11.0. The van der Waals surface area contributed by atoms with Crippen molar-refractivity contribution in [3.8, 4) is 0 Å². The van der Waals surface area contributed by atoms with Crippen molar-refractivity contribution in [2.24, 2.45) is 5.73 Å². The Morgan fingerprint density at radius 3 is 2.71 bits per heavy atom. The average Bonchev–Trinajstić information content (AvgIpc) is 2.16. The summed E-state index contributed by atoms with van der Waals surface area (Å²) in [6.07, 6.45) is 0.605. The minimum absolute atomic E-state index is 0.308. The molecule has 76 valence electrons. The number of primary amides is 1. The molecular weight excluding hydrogens is 201 g/mol. The van der Waals surface area contributed by atoms with E-state index >= 15 is 0 Å². The Labute approximate surface area is 86.7 Å². The number of thioether (sulfide) groups is 1. The van der Waals surface area contributed by atoms with Crippen molar-refractivity contribution in [2.75, 3.05) is 0 Å². The molecule has 0 saturated carbocycles. The van der Waals surface area contributed by atoms with Gasteiger partial charge in [-0.05, 0) is 18.6 Å². The van der Waals surface area contributed by atoms with Crippen LogP contribution in [0.1, 0.15) is 13.3 Å². The van der Waals surface area contributed by atoms with Gasteiger partial charge in [-0.3, -0.25) is 4.79 Å². The van der Waals surface area contributed by atoms with Gasteiger partial charge >= 0.3 is 0 Å². The normalized spacial score (nSPS) is 12.4. The van der Waals surface area contributed by atoms with Crippen molar-refractivity contribution in [3.05, 3.63) is 30.1 Å². The first-order valence-corrected chi connectivity index (χ1v) is 5.23. The lowest BCUT2D eigenvalue weighted by atomic mass is 10.3. The summed E-state index contributed by atoms with van der Waals surface area (Å²) in [6, 6.07) is 6.37. The largest absolute Gasteiger partial charge is 0.369 e. The number of carbonyl (C=O) groups is 1. The van der Waals surface area contributed by atoms with Crippen LogP contribution in [0.2, 0.25) is 0 Å². The molecule has 1 aromatic rings. The van der Waals surface area contributed by atoms with E-state index in [0.29, 0.717) is 11.3 Å². The third kappa shape index (κ3) is 2.73. The highest BCUT2D eigenvalue weighted by atomic mass is 32.2. The van der Waals surface area contributed by atoms with Crippen LogP contribution in [0.4, 0.5) is 4.39 Å². The Balaban J connectivity index is 2.77. The van der Waals surface area contributed by atoms with Crippen LogP contribution in [-0.4, -0.2) is 11.2 Å². The Hall–Kier alpha value is -1.03. The van der Waals surface area contributed by atoms with Gasteiger partial charge in [-0.25, -0.2) is 4.39 Å². The molecular formula is C10H12FNOS. The van der Waals surface area contributed by atoms with Gasteiger partial charge in [-0.2, -0.15) is 0 Å². The second-order valence-corrected chi connectivity index (χ2v) is 4.09. The predicted octanol–water partition coefficient (Wildman–Crippen LogP) is 2.18. The lowest BCUT2D eigenvalue weighted by Gasteiger charge is -2.10. The summed E-state index contributed by atoms with van der Waals surface area (Å²) in [5.74, 6) is -0.710. The summed E-state index contributed by atoms with van der Waals surface area (Å²) >= 11 is 1.17. The second kappa shape index (κ2) is 5.00. The van der Waals surface area contributed by atoms with E-state index in [9.17, 15) is 9.18 Å². The van der Waals surface area contributed by atoms with Crippen molar-refractivity contribution in [1.82, 2.24) is 0 Å². The number of carbonyl (C=O) groups excluding carboxylic acids is 1. The summed E-state index contributed by atoms with van der Waals surface area (Å²) in [6.45, 7) is 1.85. The van der Waals surface area contributed by atoms with Crippen LogP contribution >= 0.6 is 11.8 Å². The molecule has 0 aliphatic carbocycles. The predicted molar refractivity (Wildman–Crippen MR) is 55.5 cm³/mol. The third-order valence-electron chi connectivity index (χ3n) is 1.79. The van der Waals surface area contributed by atoms with E-state index in [1.807, 2.05) is 6.92 Å². The number of halogens is 1. The second-order valence-electron chi connectivity index (χ2n) is 2.85. The number of rotatable bonds is 4. The van der Waals surface area contributed by atoms with Crippen LogP contribution < -0.4 is 5.73 Å². The zero-order valence-corrected chi connectivity index (χ0v) is 8.68. The highest BCUT2D eigenvalue weighted by Crippen LogP contribution is 2.27. The van der Waals surface area contributed by atoms with Crippen LogP contribution in [0, 0.1) is 5.82 Å². The molecule has 0 bridgehead atoms. The van der Waals surface area contributed by atoms with E-state index in [4.69, 9.17) is 5.73 Å². The third-order valence-corrected chi connectivity index (χ3v) is 3.23. The summed E-state index contributed by atoms with van der Waals surface area (Å²) in [5.41, 5.74) is 5.16. The van der Waals surface area contributed by atoms with Gasteiger partial charge in [0.25, 0.3) is 0 Å². The van der Waals surface area contributed by atoms with Crippen molar-refractivity contribution < 1.29 is 9.18 Å². The Kier molecular flexibility index (Phi) is 3.95. The van der Waals surface area contributed by atoms with E-state index in [1.165, 1.54) is 17.8 Å². The van der Waals surface area contributed by atoms with E-state index in [0.717, 1.165) is 0 Å². The molecule has 0 aliphatic heterocycles. The van der Waals surface area contributed by atoms with Gasteiger partial charge in [0.05, 0.1) is 5.25 Å². The van der Waals surface area contributed by atoms with Gasteiger partial charge in [0.2, 0.25) is 5.91 Å². The number of hydrogen-bond donors (Lipinski definition) is 1. The molecule has 2 nitrogen and oxygen atoms in total. The molecule has 0 radical (unpaired) electrons. The molecule has 14 heavy (non-hydrogen) atoms. The molecule has 0 saturated heterocycles. The molecule has 0 spiro atoms. The molecule has 0 fully saturated rings. The van der Waals surface area contributed by atoms with E-state index in [2.05, 4.69) is 0 Å². The molecule has 4 heteroatoms. The fraction of sp³-hybridized carbons (Fsp3) is 0.300. The van der Waals surface area contributed by atoms with Crippen molar-refractivity contribution in [2.45, 2.75) is 23.5 Å². The fourth-order valence-electron chi connectivity index (χ4n) is 1.04. The number of hydrogen-bond acceptors (Lipinski definition) is 2. The maximum Gasteiger partial charge on any atom is 0.230 e. The van der Waals surface area contributed by atoms with Crippen LogP contribution in [-0.2, 0) is 4.79 Å². The van der Waals surface area contributed by atoms with Gasteiger partial charge in [-0.15, -0.1) is 11.8 Å². The van der Waals surface area contributed by atoms with Crippen molar-refractivity contribution in [1.29, 1.82) is 0 Å². The lowest BCUT2D eigenvalue weighted by Crippen LogP contribution is -2.24. The topological polar surface area (TPSA) is 43.1 Å². The van der Waals surface area contributed by atoms with Crippen molar-refractivity contribution >= 4 is 17.7 Å². The summed E-state index contributed by atoms with van der Waals surface area (Å²) in [5, 5.41) is -0.355. The van der Waals surface area contributed by atoms with Crippen molar-refractivity contribution in [3.63, 3.8) is 0 Å². The quantitative estimate of drug-likeness (QED) is 0.779. The minimum Gasteiger partial charge on any atom is -0.369 e. The van der Waals surface area contributed by atoms with Crippen LogP contribution in [0.25, 0.3) is 0 Å². The maximum atomic E-state index is 13.2. The highest BCUT2D eigenvalue weighted by molar-refractivity contribution is 8.00. The number of nitrogens with two attached hydrogens (primary N) is 1. The van der Waals surface area contributed by atoms with E-state index in [-0.39, 0.29) is 11.1 Å². The van der Waals surface area contributed by atoms with E-state index < -0.39 is 5.91 Å².